The van der Waals surface area contributed by atoms with Crippen molar-refractivity contribution in [1.29, 1.82) is 0 Å². The third-order valence-corrected chi connectivity index (χ3v) is 3.48. The highest BCUT2D eigenvalue weighted by Gasteiger charge is 2.50. The van der Waals surface area contributed by atoms with Crippen LogP contribution in [-0.2, 0) is 9.47 Å². The molecule has 0 unspecified atom stereocenters. The predicted octanol–water partition coefficient (Wildman–Crippen LogP) is 1.45. The maximum Gasteiger partial charge on any atom is 0.112 e. The van der Waals surface area contributed by atoms with Crippen molar-refractivity contribution in [3.63, 3.8) is 0 Å². The number of aliphatic hydroxyl groups is 1. The van der Waals surface area contributed by atoms with Crippen LogP contribution in [0.3, 0.4) is 0 Å². The Morgan fingerprint density at radius 2 is 2.06 bits per heavy atom. The smallest absolute Gasteiger partial charge is 0.112 e. The summed E-state index contributed by atoms with van der Waals surface area (Å²) < 4.78 is 10.9. The first-order valence-corrected chi connectivity index (χ1v) is 5.89. The zero-order chi connectivity index (χ0) is 12.3. The lowest BCUT2D eigenvalue weighted by Gasteiger charge is -2.20. The monoisotopic (exact) mass is 226 g/mol. The molecule has 1 fully saturated rings. The van der Waals surface area contributed by atoms with E-state index >= 15 is 0 Å². The van der Waals surface area contributed by atoms with Gasteiger partial charge < -0.3 is 14.6 Å². The minimum Gasteiger partial charge on any atom is -0.389 e. The second kappa shape index (κ2) is 5.67. The zero-order valence-corrected chi connectivity index (χ0v) is 10.5. The number of epoxide rings is 1. The Balaban J connectivity index is 2.47. The van der Waals surface area contributed by atoms with E-state index in [0.717, 1.165) is 6.42 Å². The highest BCUT2D eigenvalue weighted by molar-refractivity contribution is 5.04. The summed E-state index contributed by atoms with van der Waals surface area (Å²) in [4.78, 5) is 0. The number of hydrogen-bond donors (Lipinski definition) is 1. The average Bonchev–Trinajstić information content (AvgIpc) is 3.08. The van der Waals surface area contributed by atoms with Gasteiger partial charge in [-0.25, -0.2) is 0 Å². The molecule has 1 rings (SSSR count). The van der Waals surface area contributed by atoms with Crippen molar-refractivity contribution in [2.75, 3.05) is 7.11 Å². The van der Waals surface area contributed by atoms with Gasteiger partial charge in [-0.05, 0) is 13.3 Å². The summed E-state index contributed by atoms with van der Waals surface area (Å²) in [5, 5.41) is 9.90. The predicted molar refractivity (Wildman–Crippen MR) is 62.9 cm³/mol. The van der Waals surface area contributed by atoms with E-state index in [1.807, 2.05) is 6.92 Å². The average molecular weight is 226 g/mol. The molecule has 0 saturated carbocycles. The maximum atomic E-state index is 9.90. The maximum absolute atomic E-state index is 9.90. The Kier molecular flexibility index (Phi) is 4.79. The molecule has 0 radical (unpaired) electrons. The molecule has 0 aromatic carbocycles. The summed E-state index contributed by atoms with van der Waals surface area (Å²) in [7, 11) is 1.71. The molecular weight excluding hydrogens is 204 g/mol. The fourth-order valence-electron chi connectivity index (χ4n) is 2.18. The van der Waals surface area contributed by atoms with Crippen molar-refractivity contribution in [2.24, 2.45) is 11.8 Å². The Morgan fingerprint density at radius 3 is 2.50 bits per heavy atom. The van der Waals surface area contributed by atoms with E-state index in [0.29, 0.717) is 5.92 Å². The first-order chi connectivity index (χ1) is 7.56. The minimum absolute atomic E-state index is 0.0794. The van der Waals surface area contributed by atoms with Gasteiger partial charge in [0.2, 0.25) is 0 Å². The first kappa shape index (κ1) is 13.5. The van der Waals surface area contributed by atoms with Gasteiger partial charge in [0.15, 0.2) is 0 Å². The molecule has 1 heterocycles. The van der Waals surface area contributed by atoms with Gasteiger partial charge in [0, 0.05) is 18.9 Å². The van der Waals surface area contributed by atoms with E-state index in [2.05, 4.69) is 19.8 Å². The third-order valence-electron chi connectivity index (χ3n) is 3.48. The molecule has 6 atom stereocenters. The number of methoxy groups -OCH3 is 1. The quantitative estimate of drug-likeness (QED) is 0.550. The lowest BCUT2D eigenvalue weighted by Crippen LogP contribution is -2.30. The van der Waals surface area contributed by atoms with E-state index < -0.39 is 6.10 Å². The van der Waals surface area contributed by atoms with Crippen LogP contribution < -0.4 is 0 Å². The van der Waals surface area contributed by atoms with Gasteiger partial charge >= 0.3 is 0 Å². The number of rotatable bonds is 6. The summed E-state index contributed by atoms with van der Waals surface area (Å²) >= 11 is 0. The van der Waals surface area contributed by atoms with E-state index in [4.69, 9.17) is 15.9 Å². The van der Waals surface area contributed by atoms with Crippen LogP contribution in [0, 0.1) is 24.2 Å². The van der Waals surface area contributed by atoms with Gasteiger partial charge in [0.05, 0.1) is 18.3 Å². The number of hydrogen-bond acceptors (Lipinski definition) is 3. The number of ether oxygens (including phenoxy) is 2. The minimum atomic E-state index is -0.563. The normalized spacial score (nSPS) is 31.2. The van der Waals surface area contributed by atoms with Gasteiger partial charge in [0.25, 0.3) is 0 Å². The van der Waals surface area contributed by atoms with E-state index in [9.17, 15) is 5.11 Å². The van der Waals surface area contributed by atoms with Gasteiger partial charge in [0.1, 0.15) is 6.10 Å². The first-order valence-electron chi connectivity index (χ1n) is 5.89. The Morgan fingerprint density at radius 1 is 1.44 bits per heavy atom. The van der Waals surface area contributed by atoms with Crippen LogP contribution in [0.2, 0.25) is 0 Å². The highest BCUT2D eigenvalue weighted by atomic mass is 16.6. The molecule has 0 aliphatic carbocycles. The van der Waals surface area contributed by atoms with Crippen molar-refractivity contribution in [2.45, 2.75) is 51.6 Å². The fraction of sp³-hybridized carbons (Fsp3) is 0.846. The molecule has 0 aromatic rings. The summed E-state index contributed by atoms with van der Waals surface area (Å²) in [5.74, 6) is 2.67. The highest BCUT2D eigenvalue weighted by Crippen LogP contribution is 2.37. The topological polar surface area (TPSA) is 42.0 Å². The lowest BCUT2D eigenvalue weighted by atomic mass is 9.92. The molecule has 0 spiro atoms. The van der Waals surface area contributed by atoms with Gasteiger partial charge in [-0.15, -0.1) is 12.3 Å². The number of terminal acetylenes is 1. The van der Waals surface area contributed by atoms with E-state index in [-0.39, 0.29) is 24.2 Å². The second-order valence-electron chi connectivity index (χ2n) is 4.55. The van der Waals surface area contributed by atoms with E-state index in [1.165, 1.54) is 0 Å². The summed E-state index contributed by atoms with van der Waals surface area (Å²) in [5.41, 5.74) is 0. The molecule has 1 saturated heterocycles. The van der Waals surface area contributed by atoms with Crippen LogP contribution in [0.5, 0.6) is 0 Å². The number of aliphatic hydroxyl groups excluding tert-OH is 1. The van der Waals surface area contributed by atoms with Crippen LogP contribution in [0.25, 0.3) is 0 Å². The molecule has 1 N–H and O–H groups in total. The van der Waals surface area contributed by atoms with Crippen LogP contribution in [0.15, 0.2) is 0 Å². The van der Waals surface area contributed by atoms with Crippen molar-refractivity contribution in [3.05, 3.63) is 0 Å². The SMILES string of the molecule is C#C[C@@H](C)[C@@H](O)[C@H]1O[C@@H]1[C@H](C)[C@H](CC)OC. The summed E-state index contributed by atoms with van der Waals surface area (Å²) in [6.07, 6.45) is 5.81. The van der Waals surface area contributed by atoms with Crippen molar-refractivity contribution in [3.8, 4) is 12.3 Å². The fourth-order valence-corrected chi connectivity index (χ4v) is 2.18. The molecule has 3 nitrogen and oxygen atoms in total. The van der Waals surface area contributed by atoms with Crippen molar-refractivity contribution in [1.82, 2.24) is 0 Å². The lowest BCUT2D eigenvalue weighted by molar-refractivity contribution is 0.0445. The van der Waals surface area contributed by atoms with Crippen molar-refractivity contribution >= 4 is 0 Å². The van der Waals surface area contributed by atoms with Crippen LogP contribution in [0.4, 0.5) is 0 Å². The standard InChI is InChI=1S/C13H22O3/c1-6-8(3)11(14)13-12(16-13)9(4)10(7-2)15-5/h1,8-14H,7H2,2-5H3/t8-,9-,10+,11-,12-,13-/m1/s1. The van der Waals surface area contributed by atoms with Gasteiger partial charge in [-0.1, -0.05) is 13.8 Å². The molecule has 0 bridgehead atoms. The molecule has 16 heavy (non-hydrogen) atoms. The van der Waals surface area contributed by atoms with Crippen LogP contribution in [0.1, 0.15) is 27.2 Å². The molecule has 1 aliphatic heterocycles. The molecule has 92 valence electrons. The zero-order valence-electron chi connectivity index (χ0n) is 10.5. The Hall–Kier alpha value is -0.560. The van der Waals surface area contributed by atoms with Gasteiger partial charge in [-0.2, -0.15) is 0 Å². The molecule has 0 amide bonds. The molecule has 1 aliphatic rings. The van der Waals surface area contributed by atoms with E-state index in [1.54, 1.807) is 7.11 Å². The third kappa shape index (κ3) is 2.76. The molecule has 0 aromatic heterocycles. The summed E-state index contributed by atoms with van der Waals surface area (Å²) in [6.45, 7) is 6.01. The van der Waals surface area contributed by atoms with Crippen LogP contribution >= 0.6 is 0 Å². The Bertz CT molecular complexity index is 254. The molecule has 3 heteroatoms. The second-order valence-corrected chi connectivity index (χ2v) is 4.55. The Labute approximate surface area is 98.1 Å². The van der Waals surface area contributed by atoms with Crippen molar-refractivity contribution < 1.29 is 14.6 Å². The van der Waals surface area contributed by atoms with Crippen LogP contribution in [-0.4, -0.2) is 36.6 Å². The largest absolute Gasteiger partial charge is 0.389 e. The van der Waals surface area contributed by atoms with Gasteiger partial charge in [-0.3, -0.25) is 0 Å². The summed E-state index contributed by atoms with van der Waals surface area (Å²) in [6, 6.07) is 0. The molecular formula is C13H22O3.